The number of carboxylic acids is 1. The van der Waals surface area contributed by atoms with Gasteiger partial charge in [-0.15, -0.1) is 0 Å². The first-order chi connectivity index (χ1) is 12.0. The first-order valence-electron chi connectivity index (χ1n) is 9.49. The van der Waals surface area contributed by atoms with Crippen molar-refractivity contribution >= 4 is 11.7 Å². The van der Waals surface area contributed by atoms with Gasteiger partial charge in [-0.3, -0.25) is 4.79 Å². The predicted molar refractivity (Wildman–Crippen MR) is 95.4 cm³/mol. The summed E-state index contributed by atoms with van der Waals surface area (Å²) in [4.78, 5) is 15.5. The highest BCUT2D eigenvalue weighted by Gasteiger charge is 2.48. The fourth-order valence-corrected chi connectivity index (χ4v) is 4.11. The molecule has 2 rings (SSSR count). The lowest BCUT2D eigenvalue weighted by molar-refractivity contribution is -0.138. The van der Waals surface area contributed by atoms with Crippen LogP contribution in [0.3, 0.4) is 0 Å². The van der Waals surface area contributed by atoms with Crippen molar-refractivity contribution < 1.29 is 25.0 Å². The van der Waals surface area contributed by atoms with E-state index in [4.69, 9.17) is 9.94 Å². The molecule has 3 N–H and O–H groups in total. The van der Waals surface area contributed by atoms with Gasteiger partial charge in [0, 0.05) is 5.92 Å². The van der Waals surface area contributed by atoms with Gasteiger partial charge in [-0.25, -0.2) is 0 Å². The zero-order valence-electron chi connectivity index (χ0n) is 15.1. The highest BCUT2D eigenvalue weighted by Crippen LogP contribution is 2.49. The number of hydrogen-bond acceptors (Lipinski definition) is 5. The van der Waals surface area contributed by atoms with Crippen molar-refractivity contribution in [2.24, 2.45) is 22.9 Å². The maximum absolute atomic E-state index is 10.5. The number of aliphatic hydroxyl groups excluding tert-OH is 2. The molecule has 2 aliphatic rings. The van der Waals surface area contributed by atoms with Gasteiger partial charge in [-0.2, -0.15) is 0 Å². The summed E-state index contributed by atoms with van der Waals surface area (Å²) in [6.45, 7) is 2.25. The summed E-state index contributed by atoms with van der Waals surface area (Å²) >= 11 is 0. The molecule has 0 aromatic heterocycles. The molecule has 0 spiro atoms. The fraction of sp³-hybridized carbons (Fsp3) is 0.789. The Morgan fingerprint density at radius 3 is 2.80 bits per heavy atom. The highest BCUT2D eigenvalue weighted by atomic mass is 16.6. The molecule has 0 aliphatic heterocycles. The van der Waals surface area contributed by atoms with E-state index in [1.807, 2.05) is 6.08 Å². The molecule has 0 aromatic rings. The number of oxime groups is 1. The quantitative estimate of drug-likeness (QED) is 0.316. The Balaban J connectivity index is 1.85. The summed E-state index contributed by atoms with van der Waals surface area (Å²) in [5.74, 6) is -0.269. The van der Waals surface area contributed by atoms with Crippen LogP contribution in [0, 0.1) is 17.8 Å². The van der Waals surface area contributed by atoms with Gasteiger partial charge in [0.25, 0.3) is 0 Å². The Labute approximate surface area is 149 Å². The molecule has 0 aromatic carbocycles. The van der Waals surface area contributed by atoms with E-state index in [1.165, 1.54) is 19.3 Å². The molecule has 0 amide bonds. The Morgan fingerprint density at radius 1 is 1.28 bits per heavy atom. The molecule has 6 nitrogen and oxygen atoms in total. The zero-order valence-corrected chi connectivity index (χ0v) is 15.1. The summed E-state index contributed by atoms with van der Waals surface area (Å²) in [6, 6.07) is 0. The summed E-state index contributed by atoms with van der Waals surface area (Å²) in [6.07, 6.45) is 8.96. The molecule has 2 saturated carbocycles. The van der Waals surface area contributed by atoms with Gasteiger partial charge in [0.05, 0.1) is 24.0 Å². The number of nitrogens with zero attached hydrogens (tertiary/aromatic N) is 1. The van der Waals surface area contributed by atoms with Crippen LogP contribution in [0.25, 0.3) is 0 Å². The molecule has 2 aliphatic carbocycles. The van der Waals surface area contributed by atoms with Crippen LogP contribution in [0.1, 0.15) is 64.7 Å². The average molecular weight is 353 g/mol. The van der Waals surface area contributed by atoms with Crippen LogP contribution in [0.4, 0.5) is 0 Å². The Morgan fingerprint density at radius 2 is 2.08 bits per heavy atom. The van der Waals surface area contributed by atoms with Gasteiger partial charge in [0.15, 0.2) is 0 Å². The van der Waals surface area contributed by atoms with Crippen molar-refractivity contribution in [1.82, 2.24) is 0 Å². The van der Waals surface area contributed by atoms with Crippen molar-refractivity contribution in [1.29, 1.82) is 0 Å². The second-order valence-electron chi connectivity index (χ2n) is 7.27. The standard InChI is InChI=1S/C19H31NO5/c1-2-3-4-5-6-7-16(21)19-15-12-14(10-13(15)11-17(19)22)20-25-9-8-18(23)24/h7,13,15,17,19,21-22H,2-6,8-12H2,1H3,(H,23,24)/b16-7+,20-14+/t13-,15-,17+,19-/m1/s1. The van der Waals surface area contributed by atoms with Crippen LogP contribution in [-0.2, 0) is 9.63 Å². The lowest BCUT2D eigenvalue weighted by atomic mass is 9.89. The second kappa shape index (κ2) is 9.80. The lowest BCUT2D eigenvalue weighted by Gasteiger charge is -2.20. The largest absolute Gasteiger partial charge is 0.512 e. The summed E-state index contributed by atoms with van der Waals surface area (Å²) in [5.41, 5.74) is 0.910. The van der Waals surface area contributed by atoms with Gasteiger partial charge in [0.1, 0.15) is 6.61 Å². The SMILES string of the molecule is CCCCCC/C=C(/O)[C@H]1[C@@H]2C/C(=N/OCCC(=O)O)C[C@@H]2C[C@@H]1O. The summed E-state index contributed by atoms with van der Waals surface area (Å²) < 4.78 is 0. The molecule has 142 valence electrons. The average Bonchev–Trinajstić information content (AvgIpc) is 3.06. The van der Waals surface area contributed by atoms with Crippen molar-refractivity contribution in [3.63, 3.8) is 0 Å². The third-order valence-corrected chi connectivity index (χ3v) is 5.35. The Kier molecular flexibility index (Phi) is 7.75. The predicted octanol–water partition coefficient (Wildman–Crippen LogP) is 3.65. The molecule has 0 unspecified atom stereocenters. The topological polar surface area (TPSA) is 99.4 Å². The van der Waals surface area contributed by atoms with E-state index >= 15 is 0 Å². The van der Waals surface area contributed by atoms with Crippen LogP contribution in [-0.4, -0.2) is 39.7 Å². The normalized spacial score (nSPS) is 30.6. The maximum Gasteiger partial charge on any atom is 0.306 e. The number of aliphatic hydroxyl groups is 2. The molecular weight excluding hydrogens is 322 g/mol. The van der Waals surface area contributed by atoms with Crippen LogP contribution in [0.2, 0.25) is 0 Å². The van der Waals surface area contributed by atoms with Crippen LogP contribution < -0.4 is 0 Å². The van der Waals surface area contributed by atoms with Gasteiger partial charge in [0.2, 0.25) is 0 Å². The number of unbranched alkanes of at least 4 members (excludes halogenated alkanes) is 4. The van der Waals surface area contributed by atoms with Crippen molar-refractivity contribution in [3.8, 4) is 0 Å². The third-order valence-electron chi connectivity index (χ3n) is 5.35. The zero-order chi connectivity index (χ0) is 18.2. The molecule has 25 heavy (non-hydrogen) atoms. The van der Waals surface area contributed by atoms with Crippen molar-refractivity contribution in [2.75, 3.05) is 6.61 Å². The number of fused-ring (bicyclic) bond motifs is 1. The number of rotatable bonds is 10. The smallest absolute Gasteiger partial charge is 0.306 e. The molecule has 0 bridgehead atoms. The number of carbonyl (C=O) groups is 1. The van der Waals surface area contributed by atoms with E-state index in [0.29, 0.717) is 24.5 Å². The molecule has 0 saturated heterocycles. The molecule has 4 atom stereocenters. The van der Waals surface area contributed by atoms with E-state index in [0.717, 1.165) is 25.0 Å². The molecule has 0 radical (unpaired) electrons. The number of hydrogen-bond donors (Lipinski definition) is 3. The second-order valence-corrected chi connectivity index (χ2v) is 7.27. The van der Waals surface area contributed by atoms with Crippen LogP contribution in [0.5, 0.6) is 0 Å². The minimum atomic E-state index is -0.902. The monoisotopic (exact) mass is 353 g/mol. The van der Waals surface area contributed by atoms with E-state index in [-0.39, 0.29) is 24.9 Å². The molecule has 2 fully saturated rings. The number of allylic oxidation sites excluding steroid dienone is 1. The van der Waals surface area contributed by atoms with Gasteiger partial charge in [-0.1, -0.05) is 31.3 Å². The Bertz CT molecular complexity index is 502. The fourth-order valence-electron chi connectivity index (χ4n) is 4.11. The minimum Gasteiger partial charge on any atom is -0.512 e. The summed E-state index contributed by atoms with van der Waals surface area (Å²) in [7, 11) is 0. The summed E-state index contributed by atoms with van der Waals surface area (Å²) in [5, 5.41) is 33.4. The van der Waals surface area contributed by atoms with Gasteiger partial charge < -0.3 is 20.2 Å². The Hall–Kier alpha value is -1.56. The van der Waals surface area contributed by atoms with E-state index < -0.39 is 12.1 Å². The highest BCUT2D eigenvalue weighted by molar-refractivity contribution is 5.86. The van der Waals surface area contributed by atoms with Crippen molar-refractivity contribution in [2.45, 2.75) is 70.8 Å². The van der Waals surface area contributed by atoms with E-state index in [1.54, 1.807) is 0 Å². The van der Waals surface area contributed by atoms with Gasteiger partial charge in [-0.05, 0) is 50.0 Å². The molecular formula is C19H31NO5. The van der Waals surface area contributed by atoms with Gasteiger partial charge >= 0.3 is 5.97 Å². The van der Waals surface area contributed by atoms with Crippen LogP contribution in [0.15, 0.2) is 17.0 Å². The first-order valence-corrected chi connectivity index (χ1v) is 9.49. The number of aliphatic carboxylic acids is 1. The number of carboxylic acid groups (broad SMARTS) is 1. The molecule has 0 heterocycles. The maximum atomic E-state index is 10.5. The van der Waals surface area contributed by atoms with Crippen molar-refractivity contribution in [3.05, 3.63) is 11.8 Å². The first kappa shape index (κ1) is 19.8. The van der Waals surface area contributed by atoms with Crippen LogP contribution >= 0.6 is 0 Å². The molecule has 6 heteroatoms. The lowest BCUT2D eigenvalue weighted by Crippen LogP contribution is -2.22. The van der Waals surface area contributed by atoms with E-state index in [2.05, 4.69) is 12.1 Å². The minimum absolute atomic E-state index is 0.0630. The van der Waals surface area contributed by atoms with E-state index in [9.17, 15) is 15.0 Å². The third kappa shape index (κ3) is 5.73.